The summed E-state index contributed by atoms with van der Waals surface area (Å²) >= 11 is 0. The van der Waals surface area contributed by atoms with Gasteiger partial charge < -0.3 is 5.11 Å². The van der Waals surface area contributed by atoms with Crippen LogP contribution in [0.2, 0.25) is 0 Å². The molecule has 0 spiro atoms. The quantitative estimate of drug-likeness (QED) is 0.727. The predicted molar refractivity (Wildman–Crippen MR) is 96.5 cm³/mol. The van der Waals surface area contributed by atoms with Crippen LogP contribution in [0.1, 0.15) is 65.7 Å². The van der Waals surface area contributed by atoms with Crippen molar-refractivity contribution in [1.82, 2.24) is 0 Å². The van der Waals surface area contributed by atoms with Crippen LogP contribution in [0.3, 0.4) is 0 Å². The normalized spacial score (nSPS) is 48.4. The number of ketones is 1. The van der Waals surface area contributed by atoms with E-state index in [4.69, 9.17) is 0 Å². The lowest BCUT2D eigenvalue weighted by Gasteiger charge is -2.59. The molecule has 6 atom stereocenters. The number of halogens is 1. The average Bonchev–Trinajstić information content (AvgIpc) is 2.93. The van der Waals surface area contributed by atoms with Gasteiger partial charge in [0.1, 0.15) is 5.83 Å². The van der Waals surface area contributed by atoms with Crippen molar-refractivity contribution in [3.8, 4) is 0 Å². The number of rotatable bonds is 1. The number of aliphatic hydroxyl groups excluding tert-OH is 1. The van der Waals surface area contributed by atoms with Crippen molar-refractivity contribution in [2.75, 3.05) is 6.61 Å². The van der Waals surface area contributed by atoms with Crippen molar-refractivity contribution in [1.29, 1.82) is 0 Å². The lowest BCUT2D eigenvalue weighted by molar-refractivity contribution is -0.117. The Balaban J connectivity index is 1.73. The van der Waals surface area contributed by atoms with E-state index < -0.39 is 6.61 Å². The lowest BCUT2D eigenvalue weighted by atomic mass is 9.45. The number of carbonyl (C=O) groups excluding carboxylic acids is 1. The molecule has 4 aliphatic carbocycles. The van der Waals surface area contributed by atoms with E-state index in [0.717, 1.165) is 44.1 Å². The van der Waals surface area contributed by atoms with E-state index >= 15 is 0 Å². The summed E-state index contributed by atoms with van der Waals surface area (Å²) in [6.45, 7) is 6.52. The number of aliphatic hydroxyl groups is 1. The Labute approximate surface area is 150 Å². The van der Waals surface area contributed by atoms with E-state index in [1.54, 1.807) is 0 Å². The van der Waals surface area contributed by atoms with Crippen LogP contribution >= 0.6 is 0 Å². The van der Waals surface area contributed by atoms with Gasteiger partial charge in [-0.2, -0.15) is 0 Å². The molecular formula is C22H31FO2. The summed E-state index contributed by atoms with van der Waals surface area (Å²) in [5.74, 6) is 2.32. The second-order valence-electron chi connectivity index (χ2n) is 9.56. The van der Waals surface area contributed by atoms with Crippen molar-refractivity contribution < 1.29 is 14.3 Å². The molecule has 3 fully saturated rings. The van der Waals surface area contributed by atoms with Crippen LogP contribution in [-0.4, -0.2) is 17.5 Å². The maximum Gasteiger partial charge on any atom is 0.155 e. The van der Waals surface area contributed by atoms with Crippen LogP contribution in [-0.2, 0) is 4.79 Å². The van der Waals surface area contributed by atoms with Crippen LogP contribution in [0.5, 0.6) is 0 Å². The largest absolute Gasteiger partial charge is 0.389 e. The van der Waals surface area contributed by atoms with Gasteiger partial charge in [0.25, 0.3) is 0 Å². The number of fused-ring (bicyclic) bond motifs is 5. The van der Waals surface area contributed by atoms with Gasteiger partial charge in [0, 0.05) is 6.42 Å². The van der Waals surface area contributed by atoms with E-state index in [0.29, 0.717) is 35.9 Å². The Morgan fingerprint density at radius 2 is 1.92 bits per heavy atom. The van der Waals surface area contributed by atoms with Crippen molar-refractivity contribution >= 4 is 5.78 Å². The van der Waals surface area contributed by atoms with Gasteiger partial charge in [-0.1, -0.05) is 26.3 Å². The highest BCUT2D eigenvalue weighted by molar-refractivity contribution is 5.91. The molecule has 3 heteroatoms. The van der Waals surface area contributed by atoms with Crippen LogP contribution in [0.15, 0.2) is 23.0 Å². The average molecular weight is 346 g/mol. The highest BCUT2D eigenvalue weighted by atomic mass is 19.1. The highest BCUT2D eigenvalue weighted by Gasteiger charge is 2.59. The van der Waals surface area contributed by atoms with Gasteiger partial charge in [0.2, 0.25) is 0 Å². The van der Waals surface area contributed by atoms with E-state index in [1.807, 2.05) is 6.08 Å². The zero-order valence-electron chi connectivity index (χ0n) is 15.8. The monoisotopic (exact) mass is 346 g/mol. The zero-order chi connectivity index (χ0) is 18.0. The molecule has 3 saturated carbocycles. The van der Waals surface area contributed by atoms with Crippen LogP contribution in [0, 0.1) is 34.5 Å². The smallest absolute Gasteiger partial charge is 0.155 e. The van der Waals surface area contributed by atoms with Gasteiger partial charge in [-0.25, -0.2) is 4.39 Å². The van der Waals surface area contributed by atoms with Crippen molar-refractivity contribution in [3.05, 3.63) is 23.0 Å². The first-order valence-electron chi connectivity index (χ1n) is 10.0. The Hall–Kier alpha value is -0.960. The van der Waals surface area contributed by atoms with Gasteiger partial charge in [-0.05, 0) is 84.7 Å². The summed E-state index contributed by atoms with van der Waals surface area (Å²) in [5.41, 5.74) is 2.37. The van der Waals surface area contributed by atoms with Crippen LogP contribution in [0.25, 0.3) is 0 Å². The molecule has 25 heavy (non-hydrogen) atoms. The molecule has 2 nitrogen and oxygen atoms in total. The fourth-order valence-electron chi connectivity index (χ4n) is 7.26. The molecule has 4 rings (SSSR count). The van der Waals surface area contributed by atoms with E-state index in [-0.39, 0.29) is 16.7 Å². The predicted octanol–water partition coefficient (Wildman–Crippen LogP) is 4.98. The highest BCUT2D eigenvalue weighted by Crippen LogP contribution is 2.68. The van der Waals surface area contributed by atoms with Crippen molar-refractivity contribution in [2.24, 2.45) is 34.5 Å². The third-order valence-corrected chi connectivity index (χ3v) is 8.56. The second-order valence-corrected chi connectivity index (χ2v) is 9.56. The molecule has 1 unspecified atom stereocenters. The first kappa shape index (κ1) is 17.5. The summed E-state index contributed by atoms with van der Waals surface area (Å²) < 4.78 is 14.3. The molecule has 0 bridgehead atoms. The molecule has 0 aromatic carbocycles. The Morgan fingerprint density at radius 1 is 1.20 bits per heavy atom. The maximum atomic E-state index is 14.3. The molecule has 0 radical (unpaired) electrons. The third-order valence-electron chi connectivity index (χ3n) is 8.56. The summed E-state index contributed by atoms with van der Waals surface area (Å²) in [6, 6.07) is 0. The SMILES string of the molecule is CC1CC2=CC(=O)CC[C@]2(C)[C@H]2CC[C@]3(C)C(=C(F)CO)CC[C@H]3[C@H]12. The van der Waals surface area contributed by atoms with Gasteiger partial charge >= 0.3 is 0 Å². The molecule has 0 amide bonds. The second kappa shape index (κ2) is 5.77. The minimum Gasteiger partial charge on any atom is -0.389 e. The number of hydrogen-bond acceptors (Lipinski definition) is 2. The molecule has 0 aromatic rings. The molecule has 0 aromatic heterocycles. The Kier molecular flexibility index (Phi) is 4.03. The maximum absolute atomic E-state index is 14.3. The summed E-state index contributed by atoms with van der Waals surface area (Å²) in [6.07, 6.45) is 8.65. The van der Waals surface area contributed by atoms with E-state index in [9.17, 15) is 14.3 Å². The zero-order valence-corrected chi connectivity index (χ0v) is 15.8. The fourth-order valence-corrected chi connectivity index (χ4v) is 7.26. The Morgan fingerprint density at radius 3 is 2.64 bits per heavy atom. The summed E-state index contributed by atoms with van der Waals surface area (Å²) in [4.78, 5) is 12.0. The molecule has 0 heterocycles. The van der Waals surface area contributed by atoms with Gasteiger partial charge in [-0.3, -0.25) is 4.79 Å². The minimum atomic E-state index is -0.450. The van der Waals surface area contributed by atoms with Gasteiger partial charge in [0.05, 0.1) is 6.61 Å². The molecule has 4 aliphatic rings. The standard InChI is InChI=1S/C22H31FO2/c1-13-10-14-11-15(25)6-8-21(14,2)18-7-9-22(3)16(19(23)12-24)4-5-17(22)20(13)18/h11,13,17-18,20,24H,4-10,12H2,1-3H3/t13?,17-,18-,20-,21-,22+/m0/s1. The van der Waals surface area contributed by atoms with Crippen molar-refractivity contribution in [3.63, 3.8) is 0 Å². The van der Waals surface area contributed by atoms with E-state index in [2.05, 4.69) is 20.8 Å². The molecule has 0 saturated heterocycles. The Bertz CT molecular complexity index is 663. The number of carbonyl (C=O) groups is 1. The lowest BCUT2D eigenvalue weighted by Crippen LogP contribution is -2.52. The van der Waals surface area contributed by atoms with Crippen LogP contribution in [0.4, 0.5) is 4.39 Å². The fraction of sp³-hybridized carbons (Fsp3) is 0.773. The first-order valence-corrected chi connectivity index (χ1v) is 10.0. The molecule has 138 valence electrons. The summed E-state index contributed by atoms with van der Waals surface area (Å²) in [5, 5.41) is 9.33. The van der Waals surface area contributed by atoms with E-state index in [1.165, 1.54) is 5.57 Å². The third kappa shape index (κ3) is 2.34. The number of hydrogen-bond donors (Lipinski definition) is 1. The minimum absolute atomic E-state index is 0.0791. The van der Waals surface area contributed by atoms with Gasteiger partial charge in [-0.15, -0.1) is 0 Å². The van der Waals surface area contributed by atoms with Gasteiger partial charge in [0.15, 0.2) is 5.78 Å². The molecule has 0 aliphatic heterocycles. The van der Waals surface area contributed by atoms with Crippen LogP contribution < -0.4 is 0 Å². The molecule has 1 N–H and O–H groups in total. The summed E-state index contributed by atoms with van der Waals surface area (Å²) in [7, 11) is 0. The topological polar surface area (TPSA) is 37.3 Å². The first-order chi connectivity index (χ1) is 11.8. The number of allylic oxidation sites excluding steroid dienone is 2. The van der Waals surface area contributed by atoms with Crippen molar-refractivity contribution in [2.45, 2.75) is 65.7 Å². The molecular weight excluding hydrogens is 315 g/mol.